The van der Waals surface area contributed by atoms with E-state index < -0.39 is 0 Å². The van der Waals surface area contributed by atoms with Crippen LogP contribution in [-0.4, -0.2) is 25.1 Å². The van der Waals surface area contributed by atoms with Crippen molar-refractivity contribution in [3.8, 4) is 11.5 Å². The molecule has 0 aromatic carbocycles. The molecule has 3 heterocycles. The van der Waals surface area contributed by atoms with Crippen molar-refractivity contribution in [1.82, 2.24) is 25.1 Å². The second-order valence-electron chi connectivity index (χ2n) is 3.63. The normalized spacial score (nSPS) is 10.7. The molecule has 0 aliphatic carbocycles. The summed E-state index contributed by atoms with van der Waals surface area (Å²) < 4.78 is 11.8. The van der Waals surface area contributed by atoms with Crippen molar-refractivity contribution in [2.45, 2.75) is 6.54 Å². The molecule has 8 nitrogen and oxygen atoms in total. The van der Waals surface area contributed by atoms with Gasteiger partial charge in [0.05, 0.1) is 19.0 Å². The first-order valence-electron chi connectivity index (χ1n) is 5.28. The van der Waals surface area contributed by atoms with Crippen LogP contribution < -0.4 is 5.32 Å². The maximum absolute atomic E-state index is 5.17. The summed E-state index contributed by atoms with van der Waals surface area (Å²) in [6.07, 6.45) is 3.32. The molecule has 0 radical (unpaired) electrons. The average Bonchev–Trinajstić information content (AvgIpc) is 3.07. The number of hydrogen-bond donors (Lipinski definition) is 1. The van der Waals surface area contributed by atoms with Crippen LogP contribution in [-0.2, 0) is 13.6 Å². The van der Waals surface area contributed by atoms with E-state index in [0.29, 0.717) is 24.1 Å². The number of rotatable bonds is 4. The largest absolute Gasteiger partial charge is 0.467 e. The molecule has 0 atom stereocenters. The Bertz CT molecular complexity index is 626. The van der Waals surface area contributed by atoms with Gasteiger partial charge < -0.3 is 14.3 Å². The highest BCUT2D eigenvalue weighted by atomic mass is 16.5. The summed E-state index contributed by atoms with van der Waals surface area (Å²) in [6, 6.07) is 3.98. The van der Waals surface area contributed by atoms with Crippen LogP contribution in [0.25, 0.3) is 11.5 Å². The number of hydrogen-bond acceptors (Lipinski definition) is 7. The zero-order valence-electron chi connectivity index (χ0n) is 9.57. The molecule has 0 fully saturated rings. The average molecular weight is 246 g/mol. The Morgan fingerprint density at radius 2 is 2.39 bits per heavy atom. The van der Waals surface area contributed by atoms with Gasteiger partial charge in [-0.25, -0.2) is 0 Å². The second-order valence-corrected chi connectivity index (χ2v) is 3.63. The number of anilines is 1. The molecule has 18 heavy (non-hydrogen) atoms. The predicted molar refractivity (Wildman–Crippen MR) is 60.3 cm³/mol. The van der Waals surface area contributed by atoms with E-state index in [1.807, 2.05) is 12.1 Å². The number of aryl methyl sites for hydroxylation is 1. The number of furan rings is 1. The highest BCUT2D eigenvalue weighted by molar-refractivity contribution is 5.47. The van der Waals surface area contributed by atoms with Crippen LogP contribution in [0.1, 0.15) is 5.76 Å². The van der Waals surface area contributed by atoms with Gasteiger partial charge in [0.2, 0.25) is 5.82 Å². The first kappa shape index (κ1) is 10.5. The molecule has 3 aromatic rings. The lowest BCUT2D eigenvalue weighted by molar-refractivity contribution is 0.428. The van der Waals surface area contributed by atoms with Gasteiger partial charge >= 0.3 is 6.01 Å². The predicted octanol–water partition coefficient (Wildman–Crippen LogP) is 1.07. The SMILES string of the molecule is Cn1cc(-c2noc(NCc3ccco3)n2)nn1. The molecule has 0 aliphatic rings. The Balaban J connectivity index is 1.70. The number of nitrogens with zero attached hydrogens (tertiary/aromatic N) is 5. The lowest BCUT2D eigenvalue weighted by Gasteiger charge is -1.95. The Morgan fingerprint density at radius 3 is 3.11 bits per heavy atom. The van der Waals surface area contributed by atoms with E-state index in [2.05, 4.69) is 25.8 Å². The summed E-state index contributed by atoms with van der Waals surface area (Å²) >= 11 is 0. The fourth-order valence-corrected chi connectivity index (χ4v) is 1.43. The maximum atomic E-state index is 5.17. The first-order chi connectivity index (χ1) is 8.81. The highest BCUT2D eigenvalue weighted by Gasteiger charge is 2.11. The van der Waals surface area contributed by atoms with Crippen LogP contribution in [0.4, 0.5) is 6.01 Å². The van der Waals surface area contributed by atoms with Crippen molar-refractivity contribution in [2.24, 2.45) is 7.05 Å². The summed E-state index contributed by atoms with van der Waals surface area (Å²) in [5, 5.41) is 14.4. The minimum atomic E-state index is 0.312. The Hall–Kier alpha value is -2.64. The van der Waals surface area contributed by atoms with Crippen molar-refractivity contribution in [2.75, 3.05) is 5.32 Å². The Labute approximate surface area is 102 Å². The van der Waals surface area contributed by atoms with Gasteiger partial charge in [0.25, 0.3) is 0 Å². The molecule has 0 unspecified atom stereocenters. The summed E-state index contributed by atoms with van der Waals surface area (Å²) in [4.78, 5) is 4.15. The molecular formula is C10H10N6O2. The topological polar surface area (TPSA) is 94.8 Å². The van der Waals surface area contributed by atoms with Crippen molar-refractivity contribution >= 4 is 6.01 Å². The molecular weight excluding hydrogens is 236 g/mol. The fraction of sp³-hybridized carbons (Fsp3) is 0.200. The molecule has 0 aliphatic heterocycles. The highest BCUT2D eigenvalue weighted by Crippen LogP contribution is 2.14. The minimum Gasteiger partial charge on any atom is -0.467 e. The van der Waals surface area contributed by atoms with E-state index in [1.54, 1.807) is 24.2 Å². The maximum Gasteiger partial charge on any atom is 0.322 e. The van der Waals surface area contributed by atoms with Crippen molar-refractivity contribution in [3.63, 3.8) is 0 Å². The van der Waals surface area contributed by atoms with Crippen LogP contribution in [0.5, 0.6) is 0 Å². The molecule has 0 saturated carbocycles. The Morgan fingerprint density at radius 1 is 1.44 bits per heavy atom. The first-order valence-corrected chi connectivity index (χ1v) is 5.28. The van der Waals surface area contributed by atoms with Crippen LogP contribution in [0.3, 0.4) is 0 Å². The molecule has 8 heteroatoms. The molecule has 3 aromatic heterocycles. The van der Waals surface area contributed by atoms with Gasteiger partial charge in [-0.15, -0.1) is 5.10 Å². The van der Waals surface area contributed by atoms with Gasteiger partial charge in [0, 0.05) is 7.05 Å². The van der Waals surface area contributed by atoms with Crippen molar-refractivity contribution in [3.05, 3.63) is 30.4 Å². The van der Waals surface area contributed by atoms with Crippen molar-refractivity contribution < 1.29 is 8.94 Å². The smallest absolute Gasteiger partial charge is 0.322 e. The van der Waals surface area contributed by atoms with Gasteiger partial charge in [-0.05, 0) is 12.1 Å². The summed E-state index contributed by atoms with van der Waals surface area (Å²) in [7, 11) is 1.77. The van der Waals surface area contributed by atoms with Crippen molar-refractivity contribution in [1.29, 1.82) is 0 Å². The minimum absolute atomic E-state index is 0.312. The molecule has 1 N–H and O–H groups in total. The zero-order valence-corrected chi connectivity index (χ0v) is 9.57. The van der Waals surface area contributed by atoms with Crippen LogP contribution in [0.2, 0.25) is 0 Å². The fourth-order valence-electron chi connectivity index (χ4n) is 1.43. The van der Waals surface area contributed by atoms with E-state index in [9.17, 15) is 0 Å². The van der Waals surface area contributed by atoms with Gasteiger partial charge in [-0.3, -0.25) is 4.68 Å². The van der Waals surface area contributed by atoms with Crippen LogP contribution in [0, 0.1) is 0 Å². The summed E-state index contributed by atoms with van der Waals surface area (Å²) in [5.41, 5.74) is 0.562. The second kappa shape index (κ2) is 4.32. The lowest BCUT2D eigenvalue weighted by atomic mass is 10.4. The van der Waals surface area contributed by atoms with Crippen LogP contribution in [0.15, 0.2) is 33.5 Å². The molecule has 0 spiro atoms. The number of aromatic nitrogens is 5. The monoisotopic (exact) mass is 246 g/mol. The summed E-state index contributed by atoms with van der Waals surface area (Å²) in [5.74, 6) is 1.18. The van der Waals surface area contributed by atoms with Crippen LogP contribution >= 0.6 is 0 Å². The third kappa shape index (κ3) is 2.08. The molecule has 0 bridgehead atoms. The number of nitrogens with one attached hydrogen (secondary N) is 1. The Kier molecular flexibility index (Phi) is 2.52. The quantitative estimate of drug-likeness (QED) is 0.735. The van der Waals surface area contributed by atoms with E-state index >= 15 is 0 Å². The lowest BCUT2D eigenvalue weighted by Crippen LogP contribution is -1.97. The third-order valence-corrected chi connectivity index (χ3v) is 2.25. The summed E-state index contributed by atoms with van der Waals surface area (Å²) in [6.45, 7) is 0.481. The van der Waals surface area contributed by atoms with E-state index in [4.69, 9.17) is 8.94 Å². The van der Waals surface area contributed by atoms with E-state index in [0.717, 1.165) is 5.76 Å². The van der Waals surface area contributed by atoms with E-state index in [1.165, 1.54) is 0 Å². The van der Waals surface area contributed by atoms with Gasteiger partial charge in [0.1, 0.15) is 5.76 Å². The standard InChI is InChI=1S/C10H10N6O2/c1-16-6-8(13-15-16)9-12-10(18-14-9)11-5-7-3-2-4-17-7/h2-4,6H,5H2,1H3,(H,11,12,14). The van der Waals surface area contributed by atoms with Gasteiger partial charge in [0.15, 0.2) is 5.69 Å². The van der Waals surface area contributed by atoms with Gasteiger partial charge in [-0.1, -0.05) is 10.4 Å². The van der Waals surface area contributed by atoms with Gasteiger partial charge in [-0.2, -0.15) is 4.98 Å². The molecule has 0 amide bonds. The molecule has 3 rings (SSSR count). The molecule has 0 saturated heterocycles. The third-order valence-electron chi connectivity index (χ3n) is 2.25. The molecule has 92 valence electrons. The van der Waals surface area contributed by atoms with E-state index in [-0.39, 0.29) is 0 Å². The zero-order chi connectivity index (χ0) is 12.4.